The Hall–Kier alpha value is -3.27. The maximum absolute atomic E-state index is 13.0. The highest BCUT2D eigenvalue weighted by Gasteiger charge is 2.95. The van der Waals surface area contributed by atoms with Gasteiger partial charge in [-0.2, -0.15) is 74.6 Å². The molecule has 0 radical (unpaired) electrons. The molecule has 0 saturated carbocycles. The van der Waals surface area contributed by atoms with Crippen molar-refractivity contribution >= 4 is 21.0 Å². The standard InChI is InChI=1S/C22H23S.C8HF17O3S/c1-2-3-12-19-13-10-11-18-22(19)23(20-14-6-4-7-15-20)21-16-8-5-9-17-21;9-1(10,3(13,14)5(17,18)7(21,22)23)2(11,12)4(15,16)6(19,20)8(24,25)29(26,27)28/h4-11,13-18H,2-3,12H2,1H3;(H,26,27,28)/q+1;/p-1. The van der Waals surface area contributed by atoms with E-state index in [-0.39, 0.29) is 10.9 Å². The van der Waals surface area contributed by atoms with Crippen LogP contribution in [0.5, 0.6) is 0 Å². The smallest absolute Gasteiger partial charge is 0.460 e. The number of alkyl halides is 17. The summed E-state index contributed by atoms with van der Waals surface area (Å²) in [5, 5.41) is -7.95. The third kappa shape index (κ3) is 7.83. The Morgan fingerprint density at radius 2 is 0.865 bits per heavy atom. The van der Waals surface area contributed by atoms with Crippen molar-refractivity contribution in [2.24, 2.45) is 0 Å². The van der Waals surface area contributed by atoms with Crippen LogP contribution in [0.2, 0.25) is 0 Å². The summed E-state index contributed by atoms with van der Waals surface area (Å²) >= 11 is 0. The van der Waals surface area contributed by atoms with Crippen molar-refractivity contribution in [1.82, 2.24) is 0 Å². The van der Waals surface area contributed by atoms with Gasteiger partial charge in [-0.3, -0.25) is 0 Å². The fourth-order valence-corrected chi connectivity index (χ4v) is 6.81. The summed E-state index contributed by atoms with van der Waals surface area (Å²) in [7, 11) is -8.17. The number of hydrogen-bond donors (Lipinski definition) is 0. The average Bonchev–Trinajstić information content (AvgIpc) is 3.04. The lowest BCUT2D eigenvalue weighted by Gasteiger charge is -2.42. The van der Waals surface area contributed by atoms with E-state index in [9.17, 15) is 87.6 Å². The highest BCUT2D eigenvalue weighted by atomic mass is 32.2. The van der Waals surface area contributed by atoms with Crippen LogP contribution in [-0.4, -0.2) is 59.9 Å². The van der Waals surface area contributed by atoms with E-state index in [1.807, 2.05) is 0 Å². The van der Waals surface area contributed by atoms with Crippen molar-refractivity contribution in [2.45, 2.75) is 87.8 Å². The lowest BCUT2D eigenvalue weighted by molar-refractivity contribution is -0.458. The third-order valence-electron chi connectivity index (χ3n) is 6.96. The molecule has 3 nitrogen and oxygen atoms in total. The molecule has 3 aromatic rings. The Balaban J connectivity index is 0.000000367. The van der Waals surface area contributed by atoms with Gasteiger partial charge < -0.3 is 4.55 Å². The van der Waals surface area contributed by atoms with Crippen LogP contribution in [-0.2, 0) is 27.4 Å². The van der Waals surface area contributed by atoms with E-state index in [0.717, 1.165) is 6.42 Å². The predicted molar refractivity (Wildman–Crippen MR) is 150 cm³/mol. The SMILES string of the molecule is CCCCc1ccccc1[S+](c1ccccc1)c1ccccc1.O=S(=O)([O-])C(F)(F)C(F)(F)C(F)(F)C(F)(F)C(F)(F)C(F)(F)C(F)(F)C(F)(F)F. The van der Waals surface area contributed by atoms with Gasteiger partial charge in [0.05, 0.1) is 10.9 Å². The molecule has 0 saturated heterocycles. The van der Waals surface area contributed by atoms with Crippen LogP contribution in [0.25, 0.3) is 0 Å². The van der Waals surface area contributed by atoms with Crippen molar-refractivity contribution in [1.29, 1.82) is 0 Å². The van der Waals surface area contributed by atoms with Gasteiger partial charge >= 0.3 is 47.0 Å². The van der Waals surface area contributed by atoms with Crippen LogP contribution in [0.4, 0.5) is 74.6 Å². The Morgan fingerprint density at radius 3 is 1.23 bits per heavy atom. The van der Waals surface area contributed by atoms with E-state index in [0.29, 0.717) is 0 Å². The number of aryl methyl sites for hydroxylation is 1. The molecule has 52 heavy (non-hydrogen) atoms. The number of hydrogen-bond acceptors (Lipinski definition) is 3. The molecule has 0 aliphatic carbocycles. The Kier molecular flexibility index (Phi) is 13.1. The maximum Gasteiger partial charge on any atom is 0.460 e. The molecule has 3 aromatic carbocycles. The zero-order valence-corrected chi connectivity index (χ0v) is 27.3. The zero-order valence-electron chi connectivity index (χ0n) is 25.7. The van der Waals surface area contributed by atoms with Gasteiger partial charge in [0.15, 0.2) is 24.8 Å². The summed E-state index contributed by atoms with van der Waals surface area (Å²) in [6, 6.07) is 30.8. The molecular weight excluding hydrogens is 795 g/mol. The van der Waals surface area contributed by atoms with Crippen molar-refractivity contribution in [3.05, 3.63) is 90.5 Å². The molecule has 0 aliphatic rings. The summed E-state index contributed by atoms with van der Waals surface area (Å²) < 4.78 is 244. The molecule has 0 unspecified atom stereocenters. The summed E-state index contributed by atoms with van der Waals surface area (Å²) in [6.45, 7) is 2.26. The minimum Gasteiger partial charge on any atom is -0.743 e. The molecule has 292 valence electrons. The van der Waals surface area contributed by atoms with Gasteiger partial charge in [0.1, 0.15) is 0 Å². The first-order chi connectivity index (χ1) is 23.4. The molecule has 3 rings (SSSR count). The third-order valence-corrected chi connectivity index (χ3v) is 10.2. The van der Waals surface area contributed by atoms with E-state index in [1.165, 1.54) is 33.1 Å². The summed E-state index contributed by atoms with van der Waals surface area (Å²) in [4.78, 5) is 4.25. The summed E-state index contributed by atoms with van der Waals surface area (Å²) in [6.07, 6.45) is -4.25. The molecule has 0 amide bonds. The second kappa shape index (κ2) is 15.2. The van der Waals surface area contributed by atoms with Crippen molar-refractivity contribution in [2.75, 3.05) is 0 Å². The Bertz CT molecular complexity index is 1690. The van der Waals surface area contributed by atoms with Crippen LogP contribution in [0.15, 0.2) is 99.6 Å². The van der Waals surface area contributed by atoms with Gasteiger partial charge in [-0.1, -0.05) is 67.9 Å². The number of unbranched alkanes of at least 4 members (excludes halogenated alkanes) is 1. The first-order valence-electron chi connectivity index (χ1n) is 14.0. The van der Waals surface area contributed by atoms with Gasteiger partial charge in [0.25, 0.3) is 0 Å². The predicted octanol–water partition coefficient (Wildman–Crippen LogP) is 10.6. The normalized spacial score (nSPS) is 14.2. The monoisotopic (exact) mass is 818 g/mol. The molecule has 0 aromatic heterocycles. The van der Waals surface area contributed by atoms with E-state index < -0.39 is 57.1 Å². The molecule has 0 atom stereocenters. The Labute approximate surface area is 286 Å². The van der Waals surface area contributed by atoms with Crippen molar-refractivity contribution in [3.63, 3.8) is 0 Å². The average molecular weight is 819 g/mol. The number of benzene rings is 3. The molecular formula is C30H23F17O3S2. The van der Waals surface area contributed by atoms with Crippen molar-refractivity contribution < 1.29 is 87.6 Å². The second-order valence-corrected chi connectivity index (χ2v) is 14.0. The van der Waals surface area contributed by atoms with Gasteiger partial charge in [-0.15, -0.1) is 0 Å². The van der Waals surface area contributed by atoms with E-state index in [1.54, 1.807) is 0 Å². The van der Waals surface area contributed by atoms with Crippen LogP contribution in [0.3, 0.4) is 0 Å². The quantitative estimate of drug-likeness (QED) is 0.0981. The Morgan fingerprint density at radius 1 is 0.519 bits per heavy atom. The molecule has 0 N–H and O–H groups in total. The largest absolute Gasteiger partial charge is 0.743 e. The number of halogens is 17. The second-order valence-electron chi connectivity index (χ2n) is 10.6. The fraction of sp³-hybridized carbons (Fsp3) is 0.400. The summed E-state index contributed by atoms with van der Waals surface area (Å²) in [5.74, 6) is -52.1. The van der Waals surface area contributed by atoms with Crippen molar-refractivity contribution in [3.8, 4) is 0 Å². The topological polar surface area (TPSA) is 57.2 Å². The molecule has 0 fully saturated rings. The number of rotatable bonds is 13. The first kappa shape index (κ1) is 44.9. The van der Waals surface area contributed by atoms with Gasteiger partial charge in [-0.25, -0.2) is 8.42 Å². The van der Waals surface area contributed by atoms with E-state index in [2.05, 4.69) is 91.9 Å². The lowest BCUT2D eigenvalue weighted by Crippen LogP contribution is -2.75. The van der Waals surface area contributed by atoms with Crippen LogP contribution < -0.4 is 0 Å². The molecule has 0 bridgehead atoms. The minimum absolute atomic E-state index is 0.0297. The lowest BCUT2D eigenvalue weighted by atomic mass is 9.91. The van der Waals surface area contributed by atoms with Gasteiger partial charge in [0.2, 0.25) is 0 Å². The molecule has 0 aliphatic heterocycles. The molecule has 0 heterocycles. The highest BCUT2D eigenvalue weighted by molar-refractivity contribution is 7.97. The maximum atomic E-state index is 13.0. The zero-order chi connectivity index (χ0) is 40.4. The van der Waals surface area contributed by atoms with E-state index >= 15 is 0 Å². The van der Waals surface area contributed by atoms with Crippen LogP contribution in [0, 0.1) is 0 Å². The molecule has 22 heteroatoms. The van der Waals surface area contributed by atoms with Gasteiger partial charge in [-0.05, 0) is 43.2 Å². The fourth-order valence-electron chi connectivity index (χ4n) is 4.09. The summed E-state index contributed by atoms with van der Waals surface area (Å²) in [5.41, 5.74) is 1.49. The minimum atomic E-state index is -8.92. The highest BCUT2D eigenvalue weighted by Crippen LogP contribution is 2.64. The van der Waals surface area contributed by atoms with Gasteiger partial charge in [0, 0.05) is 5.56 Å². The van der Waals surface area contributed by atoms with Crippen LogP contribution in [0.1, 0.15) is 25.3 Å². The first-order valence-corrected chi connectivity index (χ1v) is 16.6. The van der Waals surface area contributed by atoms with Crippen LogP contribution >= 0.6 is 0 Å². The van der Waals surface area contributed by atoms with E-state index in [4.69, 9.17) is 0 Å². The molecule has 0 spiro atoms.